The Morgan fingerprint density at radius 2 is 1.68 bits per heavy atom. The van der Waals surface area contributed by atoms with E-state index in [-0.39, 0.29) is 40.4 Å². The fourth-order valence-corrected chi connectivity index (χ4v) is 3.90. The number of phenolic OH excluding ortho intramolecular Hbond substituents is 4. The molecule has 8 nitrogen and oxygen atoms in total. The highest BCUT2D eigenvalue weighted by molar-refractivity contribution is 6.06. The van der Waals surface area contributed by atoms with Crippen molar-refractivity contribution < 1.29 is 39.8 Å². The molecule has 2 aromatic carbocycles. The van der Waals surface area contributed by atoms with Gasteiger partial charge in [0.2, 0.25) is 11.5 Å². The highest BCUT2D eigenvalue weighted by Crippen LogP contribution is 2.46. The van der Waals surface area contributed by atoms with Crippen LogP contribution in [-0.4, -0.2) is 44.5 Å². The molecule has 0 amide bonds. The second-order valence-corrected chi connectivity index (χ2v) is 8.61. The Labute approximate surface area is 198 Å². The third kappa shape index (κ3) is 4.97. The molecule has 0 aliphatic carbocycles. The van der Waals surface area contributed by atoms with Crippen molar-refractivity contribution in [1.29, 1.82) is 0 Å². The molecular formula is C26H30O8. The zero-order valence-electron chi connectivity index (χ0n) is 19.6. The number of benzene rings is 2. The van der Waals surface area contributed by atoms with E-state index in [2.05, 4.69) is 6.08 Å². The summed E-state index contributed by atoms with van der Waals surface area (Å²) in [4.78, 5) is 13.0. The van der Waals surface area contributed by atoms with Crippen molar-refractivity contribution in [2.75, 3.05) is 7.11 Å². The first kappa shape index (κ1) is 25.0. The van der Waals surface area contributed by atoms with E-state index in [1.54, 1.807) is 0 Å². The third-order valence-corrected chi connectivity index (χ3v) is 5.75. The highest BCUT2D eigenvalue weighted by Gasteiger charge is 2.40. The van der Waals surface area contributed by atoms with E-state index in [0.717, 1.165) is 18.4 Å². The number of aliphatic hydroxyl groups excluding tert-OH is 1. The Kier molecular flexibility index (Phi) is 7.41. The first-order chi connectivity index (χ1) is 16.0. The lowest BCUT2D eigenvalue weighted by atomic mass is 9.90. The fraction of sp³-hybridized carbons (Fsp3) is 0.346. The Hall–Kier alpha value is -3.65. The first-order valence-corrected chi connectivity index (χ1v) is 10.9. The van der Waals surface area contributed by atoms with Crippen LogP contribution in [0.4, 0.5) is 0 Å². The van der Waals surface area contributed by atoms with Gasteiger partial charge in [-0.15, -0.1) is 0 Å². The van der Waals surface area contributed by atoms with Gasteiger partial charge in [0.25, 0.3) is 0 Å². The highest BCUT2D eigenvalue weighted by atomic mass is 16.5. The monoisotopic (exact) mass is 470 g/mol. The van der Waals surface area contributed by atoms with Crippen LogP contribution in [0.1, 0.15) is 61.2 Å². The third-order valence-electron chi connectivity index (χ3n) is 5.75. The van der Waals surface area contributed by atoms with E-state index in [4.69, 9.17) is 9.47 Å². The van der Waals surface area contributed by atoms with Gasteiger partial charge < -0.3 is 35.0 Å². The molecular weight excluding hydrogens is 440 g/mol. The SMILES string of the molecule is COc1c(O)cc(C2Oc3cc(O)c(CC=C(C)CCC=C(C)C)c(O)c3C(=O)C2O)cc1O. The van der Waals surface area contributed by atoms with Crippen molar-refractivity contribution in [3.8, 4) is 34.5 Å². The number of Topliss-reactive ketones (excluding diaryl/α,β-unsaturated/α-hetero) is 1. The van der Waals surface area contributed by atoms with Gasteiger partial charge in [-0.25, -0.2) is 0 Å². The standard InChI is InChI=1S/C26H30O8/c1-13(2)6-5-7-14(3)8-9-16-17(27)12-20-21(22(16)30)23(31)24(32)25(34-20)15-10-18(28)26(33-4)19(29)11-15/h6,8,10-12,24-25,27-30,32H,5,7,9H2,1-4H3. The van der Waals surface area contributed by atoms with Crippen molar-refractivity contribution in [3.63, 3.8) is 0 Å². The molecule has 5 N–H and O–H groups in total. The molecule has 1 heterocycles. The number of ketones is 1. The second kappa shape index (κ2) is 10.1. The zero-order chi connectivity index (χ0) is 25.2. The first-order valence-electron chi connectivity index (χ1n) is 10.9. The van der Waals surface area contributed by atoms with Gasteiger partial charge in [0.05, 0.1) is 7.11 Å². The predicted molar refractivity (Wildman–Crippen MR) is 126 cm³/mol. The molecule has 182 valence electrons. The molecule has 8 heteroatoms. The molecule has 0 aromatic heterocycles. The average Bonchev–Trinajstić information content (AvgIpc) is 2.75. The molecule has 2 unspecified atom stereocenters. The molecule has 3 rings (SSSR count). The van der Waals surface area contributed by atoms with Crippen LogP contribution in [0.2, 0.25) is 0 Å². The smallest absolute Gasteiger partial charge is 0.202 e. The van der Waals surface area contributed by atoms with E-state index in [1.807, 2.05) is 26.8 Å². The normalized spacial score (nSPS) is 17.7. The number of phenols is 4. The molecule has 0 fully saturated rings. The molecule has 0 spiro atoms. The molecule has 34 heavy (non-hydrogen) atoms. The molecule has 1 aliphatic heterocycles. The van der Waals surface area contributed by atoms with Crippen molar-refractivity contribution in [2.24, 2.45) is 0 Å². The lowest BCUT2D eigenvalue weighted by molar-refractivity contribution is 0.0208. The second-order valence-electron chi connectivity index (χ2n) is 8.61. The van der Waals surface area contributed by atoms with Crippen LogP contribution in [-0.2, 0) is 6.42 Å². The van der Waals surface area contributed by atoms with Crippen LogP contribution in [0.25, 0.3) is 0 Å². The number of hydrogen-bond donors (Lipinski definition) is 5. The van der Waals surface area contributed by atoms with Gasteiger partial charge in [-0.05, 0) is 52.2 Å². The molecule has 0 bridgehead atoms. The Bertz CT molecular complexity index is 1130. The Morgan fingerprint density at radius 3 is 2.26 bits per heavy atom. The number of allylic oxidation sites excluding steroid dienone is 4. The van der Waals surface area contributed by atoms with Crippen molar-refractivity contribution in [2.45, 2.75) is 52.2 Å². The summed E-state index contributed by atoms with van der Waals surface area (Å²) >= 11 is 0. The number of carbonyl (C=O) groups excluding carboxylic acids is 1. The van der Waals surface area contributed by atoms with Crippen LogP contribution in [0.3, 0.4) is 0 Å². The van der Waals surface area contributed by atoms with Gasteiger partial charge in [0, 0.05) is 17.2 Å². The summed E-state index contributed by atoms with van der Waals surface area (Å²) < 4.78 is 10.6. The maximum Gasteiger partial charge on any atom is 0.202 e. The summed E-state index contributed by atoms with van der Waals surface area (Å²) in [6.45, 7) is 6.01. The quantitative estimate of drug-likeness (QED) is 0.375. The minimum atomic E-state index is -1.72. The minimum Gasteiger partial charge on any atom is -0.507 e. The molecule has 2 atom stereocenters. The summed E-state index contributed by atoms with van der Waals surface area (Å²) in [5.41, 5.74) is 2.33. The zero-order valence-corrected chi connectivity index (χ0v) is 19.6. The van der Waals surface area contributed by atoms with E-state index in [1.165, 1.54) is 30.9 Å². The fourth-order valence-electron chi connectivity index (χ4n) is 3.90. The average molecular weight is 471 g/mol. The van der Waals surface area contributed by atoms with Crippen molar-refractivity contribution in [1.82, 2.24) is 0 Å². The molecule has 0 saturated carbocycles. The van der Waals surface area contributed by atoms with Crippen LogP contribution in [0.15, 0.2) is 41.5 Å². The van der Waals surface area contributed by atoms with Crippen LogP contribution in [0.5, 0.6) is 34.5 Å². The summed E-state index contributed by atoms with van der Waals surface area (Å²) in [5.74, 6) is -2.59. The number of aliphatic hydroxyl groups is 1. The summed E-state index contributed by atoms with van der Waals surface area (Å²) in [5, 5.41) is 52.1. The minimum absolute atomic E-state index is 0.111. The number of ether oxygens (including phenoxy) is 2. The molecule has 0 radical (unpaired) electrons. The number of aromatic hydroxyl groups is 4. The number of rotatable bonds is 7. The number of hydrogen-bond acceptors (Lipinski definition) is 8. The number of methoxy groups -OCH3 is 1. The maximum atomic E-state index is 13.0. The molecule has 1 aliphatic rings. The van der Waals surface area contributed by atoms with E-state index in [0.29, 0.717) is 0 Å². The molecule has 2 aromatic rings. The van der Waals surface area contributed by atoms with Gasteiger partial charge in [0.1, 0.15) is 22.8 Å². The number of fused-ring (bicyclic) bond motifs is 1. The maximum absolute atomic E-state index is 13.0. The lowest BCUT2D eigenvalue weighted by Crippen LogP contribution is -2.36. The summed E-state index contributed by atoms with van der Waals surface area (Å²) in [6.07, 6.45) is 2.88. The number of carbonyl (C=O) groups is 1. The lowest BCUT2D eigenvalue weighted by Gasteiger charge is -2.31. The van der Waals surface area contributed by atoms with Crippen LogP contribution in [0, 0.1) is 0 Å². The summed E-state index contributed by atoms with van der Waals surface area (Å²) in [7, 11) is 1.27. The van der Waals surface area contributed by atoms with Gasteiger partial charge in [-0.3, -0.25) is 4.79 Å². The predicted octanol–water partition coefficient (Wildman–Crippen LogP) is 4.43. The van der Waals surface area contributed by atoms with Gasteiger partial charge in [-0.2, -0.15) is 0 Å². The van der Waals surface area contributed by atoms with Crippen molar-refractivity contribution >= 4 is 5.78 Å². The van der Waals surface area contributed by atoms with Gasteiger partial charge >= 0.3 is 0 Å². The molecule has 0 saturated heterocycles. The Balaban J connectivity index is 1.92. The van der Waals surface area contributed by atoms with Gasteiger partial charge in [-0.1, -0.05) is 23.3 Å². The van der Waals surface area contributed by atoms with E-state index in [9.17, 15) is 30.3 Å². The van der Waals surface area contributed by atoms with Crippen molar-refractivity contribution in [3.05, 3.63) is 58.2 Å². The largest absolute Gasteiger partial charge is 0.507 e. The van der Waals surface area contributed by atoms with E-state index >= 15 is 0 Å². The van der Waals surface area contributed by atoms with Crippen LogP contribution < -0.4 is 9.47 Å². The van der Waals surface area contributed by atoms with Gasteiger partial charge in [0.15, 0.2) is 23.7 Å². The Morgan fingerprint density at radius 1 is 1.03 bits per heavy atom. The summed E-state index contributed by atoms with van der Waals surface area (Å²) in [6, 6.07) is 3.61. The van der Waals surface area contributed by atoms with E-state index < -0.39 is 35.2 Å². The topological polar surface area (TPSA) is 137 Å². The van der Waals surface area contributed by atoms with Crippen LogP contribution >= 0.6 is 0 Å².